The first-order valence-corrected chi connectivity index (χ1v) is 10.4. The number of fused-ring (bicyclic) bond motifs is 3. The average Bonchev–Trinajstić information content (AvgIpc) is 3.12. The van der Waals surface area contributed by atoms with E-state index in [1.165, 1.54) is 5.56 Å². The number of benzene rings is 2. The Bertz CT molecular complexity index is 1260. The Morgan fingerprint density at radius 2 is 1.91 bits per heavy atom. The van der Waals surface area contributed by atoms with Gasteiger partial charge < -0.3 is 23.9 Å². The number of hydrogen-bond donors (Lipinski definition) is 1. The number of nitrogens with zero attached hydrogens (tertiary/aromatic N) is 1. The van der Waals surface area contributed by atoms with Crippen molar-refractivity contribution in [3.05, 3.63) is 65.4 Å². The number of hydrogen-bond acceptors (Lipinski definition) is 6. The maximum Gasteiger partial charge on any atom is 0.515 e. The largest absolute Gasteiger partial charge is 0.515 e. The first kappa shape index (κ1) is 21.6. The van der Waals surface area contributed by atoms with Gasteiger partial charge in [0.2, 0.25) is 5.88 Å². The normalized spacial score (nSPS) is 11.3. The molecule has 2 heterocycles. The molecule has 166 valence electrons. The van der Waals surface area contributed by atoms with Gasteiger partial charge in [-0.25, -0.2) is 9.78 Å². The molecule has 2 aromatic carbocycles. The molecule has 0 aliphatic rings. The second-order valence-corrected chi connectivity index (χ2v) is 7.83. The molecule has 32 heavy (non-hydrogen) atoms. The van der Waals surface area contributed by atoms with Crippen LogP contribution in [-0.2, 0) is 22.7 Å². The van der Waals surface area contributed by atoms with Crippen LogP contribution >= 0.6 is 0 Å². The van der Waals surface area contributed by atoms with Crippen LogP contribution in [0.1, 0.15) is 30.5 Å². The van der Waals surface area contributed by atoms with E-state index in [4.69, 9.17) is 18.9 Å². The topological polar surface area (TPSA) is 82.7 Å². The molecule has 0 bridgehead atoms. The van der Waals surface area contributed by atoms with Crippen molar-refractivity contribution in [2.45, 2.75) is 40.1 Å². The van der Waals surface area contributed by atoms with Gasteiger partial charge in [0, 0.05) is 23.4 Å². The van der Waals surface area contributed by atoms with Gasteiger partial charge in [0.05, 0.1) is 30.0 Å². The van der Waals surface area contributed by atoms with Crippen molar-refractivity contribution >= 4 is 28.0 Å². The number of H-pyrrole nitrogens is 1. The Morgan fingerprint density at radius 1 is 1.09 bits per heavy atom. The minimum Gasteiger partial charge on any atom is -0.489 e. The summed E-state index contributed by atoms with van der Waals surface area (Å²) in [6.07, 6.45) is 0.546. The fourth-order valence-electron chi connectivity index (χ4n) is 3.61. The summed E-state index contributed by atoms with van der Waals surface area (Å²) in [6, 6.07) is 14.0. The number of rotatable bonds is 7. The molecule has 0 saturated heterocycles. The van der Waals surface area contributed by atoms with Gasteiger partial charge in [0.15, 0.2) is 0 Å². The lowest BCUT2D eigenvalue weighted by atomic mass is 10.1. The average molecular weight is 434 g/mol. The second-order valence-electron chi connectivity index (χ2n) is 7.83. The third-order valence-corrected chi connectivity index (χ3v) is 5.13. The lowest BCUT2D eigenvalue weighted by Crippen LogP contribution is -2.17. The molecule has 4 aromatic rings. The van der Waals surface area contributed by atoms with Crippen molar-refractivity contribution in [3.8, 4) is 11.6 Å². The zero-order valence-corrected chi connectivity index (χ0v) is 18.6. The monoisotopic (exact) mass is 434 g/mol. The van der Waals surface area contributed by atoms with Gasteiger partial charge in [-0.15, -0.1) is 0 Å². The molecular weight excluding hydrogens is 408 g/mol. The van der Waals surface area contributed by atoms with Crippen LogP contribution in [0.3, 0.4) is 0 Å². The molecule has 4 rings (SSSR count). The lowest BCUT2D eigenvalue weighted by Gasteiger charge is -2.12. The molecule has 0 amide bonds. The smallest absolute Gasteiger partial charge is 0.489 e. The summed E-state index contributed by atoms with van der Waals surface area (Å²) < 4.78 is 21.9. The second kappa shape index (κ2) is 9.28. The number of carbonyl (C=O) groups is 1. The summed E-state index contributed by atoms with van der Waals surface area (Å²) in [4.78, 5) is 19.7. The number of ether oxygens (including phenoxy) is 4. The van der Waals surface area contributed by atoms with Crippen LogP contribution in [0, 0.1) is 6.92 Å². The van der Waals surface area contributed by atoms with Crippen molar-refractivity contribution in [1.29, 1.82) is 0 Å². The van der Waals surface area contributed by atoms with E-state index in [0.717, 1.165) is 33.1 Å². The third-order valence-electron chi connectivity index (χ3n) is 5.13. The predicted octanol–water partition coefficient (Wildman–Crippen LogP) is 5.67. The van der Waals surface area contributed by atoms with E-state index < -0.39 is 6.16 Å². The number of aromatic amines is 1. The highest BCUT2D eigenvalue weighted by atomic mass is 16.7. The summed E-state index contributed by atoms with van der Waals surface area (Å²) >= 11 is 0. The van der Waals surface area contributed by atoms with Gasteiger partial charge in [0.25, 0.3) is 0 Å². The molecule has 0 fully saturated rings. The van der Waals surface area contributed by atoms with Gasteiger partial charge in [0.1, 0.15) is 12.4 Å². The Hall–Kier alpha value is -3.58. The van der Waals surface area contributed by atoms with E-state index in [2.05, 4.69) is 29.0 Å². The first-order chi connectivity index (χ1) is 15.5. The minimum absolute atomic E-state index is 0.164. The van der Waals surface area contributed by atoms with Crippen molar-refractivity contribution in [1.82, 2.24) is 9.97 Å². The fourth-order valence-corrected chi connectivity index (χ4v) is 3.61. The van der Waals surface area contributed by atoms with E-state index in [9.17, 15) is 4.79 Å². The van der Waals surface area contributed by atoms with Gasteiger partial charge in [-0.05, 0) is 50.1 Å². The van der Waals surface area contributed by atoms with Crippen molar-refractivity contribution in [2.75, 3.05) is 7.11 Å². The summed E-state index contributed by atoms with van der Waals surface area (Å²) in [5.41, 5.74) is 4.71. The molecule has 0 atom stereocenters. The molecule has 7 nitrogen and oxygen atoms in total. The maximum atomic E-state index is 12.1. The van der Waals surface area contributed by atoms with Crippen LogP contribution in [0.2, 0.25) is 0 Å². The molecule has 7 heteroatoms. The molecule has 0 saturated carbocycles. The number of carbonyl (C=O) groups excluding carboxylic acids is 1. The Balaban J connectivity index is 1.72. The minimum atomic E-state index is -0.800. The van der Waals surface area contributed by atoms with E-state index in [-0.39, 0.29) is 18.6 Å². The highest BCUT2D eigenvalue weighted by molar-refractivity contribution is 6.09. The van der Waals surface area contributed by atoms with Gasteiger partial charge in [-0.2, -0.15) is 0 Å². The maximum absolute atomic E-state index is 12.1. The number of methoxy groups -OCH3 is 1. The summed E-state index contributed by atoms with van der Waals surface area (Å²) in [7, 11) is 1.58. The lowest BCUT2D eigenvalue weighted by molar-refractivity contribution is 0.0705. The van der Waals surface area contributed by atoms with Gasteiger partial charge in [-0.1, -0.05) is 24.3 Å². The van der Waals surface area contributed by atoms with E-state index in [1.807, 2.05) is 30.3 Å². The number of pyridine rings is 1. The van der Waals surface area contributed by atoms with Crippen LogP contribution < -0.4 is 9.47 Å². The Morgan fingerprint density at radius 3 is 2.66 bits per heavy atom. The molecule has 0 aliphatic heterocycles. The predicted molar refractivity (Wildman–Crippen MR) is 122 cm³/mol. The number of nitrogens with one attached hydrogen (secondary N) is 1. The zero-order chi connectivity index (χ0) is 22.7. The SMILES string of the molecule is COCc1c(OC(=O)OC(C)C)ncc2[nH]c3ccc(OCc4ccccc4C)cc3c12. The van der Waals surface area contributed by atoms with Crippen LogP contribution in [-0.4, -0.2) is 29.3 Å². The van der Waals surface area contributed by atoms with Crippen LogP contribution in [0.15, 0.2) is 48.7 Å². The first-order valence-electron chi connectivity index (χ1n) is 10.4. The van der Waals surface area contributed by atoms with Crippen molar-refractivity contribution in [3.63, 3.8) is 0 Å². The molecule has 0 radical (unpaired) electrons. The Kier molecular flexibility index (Phi) is 6.28. The summed E-state index contributed by atoms with van der Waals surface area (Å²) in [5, 5.41) is 1.80. The summed E-state index contributed by atoms with van der Waals surface area (Å²) in [5.74, 6) is 0.903. The van der Waals surface area contributed by atoms with Gasteiger partial charge in [-0.3, -0.25) is 0 Å². The van der Waals surface area contributed by atoms with Crippen LogP contribution in [0.4, 0.5) is 4.79 Å². The fraction of sp³-hybridized carbons (Fsp3) is 0.280. The molecule has 0 spiro atoms. The van der Waals surface area contributed by atoms with Crippen LogP contribution in [0.5, 0.6) is 11.6 Å². The van der Waals surface area contributed by atoms with Crippen molar-refractivity contribution in [2.24, 2.45) is 0 Å². The van der Waals surface area contributed by atoms with E-state index in [0.29, 0.717) is 12.2 Å². The quantitative estimate of drug-likeness (QED) is 0.377. The Labute approximate surface area is 186 Å². The molecular formula is C25H26N2O5. The third kappa shape index (κ3) is 4.53. The molecule has 1 N–H and O–H groups in total. The van der Waals surface area contributed by atoms with E-state index >= 15 is 0 Å². The highest BCUT2D eigenvalue weighted by Gasteiger charge is 2.19. The number of aromatic nitrogens is 2. The standard InChI is InChI=1S/C25H26N2O5/c1-15(2)31-25(28)32-24-20(14-29-4)23-19-11-18(9-10-21(19)27-22(23)12-26-24)30-13-17-8-6-5-7-16(17)3/h5-12,15,27H,13-14H2,1-4H3. The number of aryl methyl sites for hydroxylation is 1. The van der Waals surface area contributed by atoms with Crippen molar-refractivity contribution < 1.29 is 23.7 Å². The van der Waals surface area contributed by atoms with Crippen LogP contribution in [0.25, 0.3) is 21.8 Å². The van der Waals surface area contributed by atoms with Gasteiger partial charge >= 0.3 is 6.16 Å². The highest BCUT2D eigenvalue weighted by Crippen LogP contribution is 2.35. The molecule has 0 unspecified atom stereocenters. The molecule has 2 aromatic heterocycles. The summed E-state index contributed by atoms with van der Waals surface area (Å²) in [6.45, 7) is 6.27. The van der Waals surface area contributed by atoms with E-state index in [1.54, 1.807) is 27.2 Å². The zero-order valence-electron chi connectivity index (χ0n) is 18.6. The molecule has 0 aliphatic carbocycles.